The van der Waals surface area contributed by atoms with Crippen molar-refractivity contribution in [3.63, 3.8) is 0 Å². The van der Waals surface area contributed by atoms with Crippen LogP contribution in [0.25, 0.3) is 0 Å². The smallest absolute Gasteiger partial charge is 0.368 e. The fraction of sp³-hybridized carbons (Fsp3) is 0.538. The molecule has 0 saturated heterocycles. The second kappa shape index (κ2) is 8.42. The normalized spacial score (nSPS) is 12.7. The van der Waals surface area contributed by atoms with Gasteiger partial charge in [0.2, 0.25) is 0 Å². The van der Waals surface area contributed by atoms with E-state index in [2.05, 4.69) is 63.5 Å². The average molecular weight is 342 g/mol. The summed E-state index contributed by atoms with van der Waals surface area (Å²) >= 11 is 0. The summed E-state index contributed by atoms with van der Waals surface area (Å²) < 4.78 is 18.5. The molecule has 3 nitrogen and oxygen atoms in total. The van der Waals surface area contributed by atoms with Gasteiger partial charge in [-0.25, -0.2) is 0 Å². The molecule has 7 heteroatoms. The second-order valence-electron chi connectivity index (χ2n) is 5.56. The summed E-state index contributed by atoms with van der Waals surface area (Å²) in [6, 6.07) is 11.3. The molecule has 0 atom stereocenters. The van der Waals surface area contributed by atoms with Crippen molar-refractivity contribution in [1.82, 2.24) is 0 Å². The molecule has 0 aliphatic rings. The van der Waals surface area contributed by atoms with Crippen molar-refractivity contribution < 1.29 is 12.3 Å². The monoisotopic (exact) mass is 341 g/mol. The van der Waals surface area contributed by atoms with Gasteiger partial charge in [0.1, 0.15) is 0 Å². The van der Waals surface area contributed by atoms with Gasteiger partial charge in [0.25, 0.3) is 0 Å². The summed E-state index contributed by atoms with van der Waals surface area (Å²) in [5.74, 6) is 0. The van der Waals surface area contributed by atoms with Crippen LogP contribution >= 0.6 is 0 Å². The summed E-state index contributed by atoms with van der Waals surface area (Å²) in [5.41, 5.74) is 1.29. The zero-order valence-electron chi connectivity index (χ0n) is 13.3. The first-order chi connectivity index (χ1) is 9.28. The fourth-order valence-corrected chi connectivity index (χ4v) is 12.0. The maximum atomic E-state index is 6.31. The Kier molecular flexibility index (Phi) is 7.59. The van der Waals surface area contributed by atoms with Crippen LogP contribution in [0.3, 0.4) is 0 Å². The predicted molar refractivity (Wildman–Crippen MR) is 91.6 cm³/mol. The number of rotatable bonds is 8. The predicted octanol–water partition coefficient (Wildman–Crippen LogP) is 3.51. The Morgan fingerprint density at radius 3 is 2.00 bits per heavy atom. The van der Waals surface area contributed by atoms with E-state index in [-0.39, 0.29) is 0 Å². The Morgan fingerprint density at radius 1 is 0.900 bits per heavy atom. The molecule has 0 saturated carbocycles. The lowest BCUT2D eigenvalue weighted by Gasteiger charge is -2.30. The molecule has 20 heavy (non-hydrogen) atoms. The molecule has 111 valence electrons. The van der Waals surface area contributed by atoms with Crippen LogP contribution < -0.4 is 0 Å². The van der Waals surface area contributed by atoms with Crippen molar-refractivity contribution in [3.05, 3.63) is 35.9 Å². The molecule has 0 unspecified atom stereocenters. The molecule has 3 radical (unpaired) electrons. The third-order valence-corrected chi connectivity index (χ3v) is 12.0. The van der Waals surface area contributed by atoms with Crippen LogP contribution in [0.1, 0.15) is 5.56 Å². The molecule has 0 N–H and O–H groups in total. The highest BCUT2D eigenvalue weighted by molar-refractivity contribution is 6.78. The van der Waals surface area contributed by atoms with E-state index in [1.165, 1.54) is 5.56 Å². The minimum Gasteiger partial charge on any atom is -0.437 e. The Bertz CT molecular complexity index is 384. The van der Waals surface area contributed by atoms with Gasteiger partial charge in [0.05, 0.1) is 0 Å². The van der Waals surface area contributed by atoms with Gasteiger partial charge in [-0.05, 0) is 44.8 Å². The van der Waals surface area contributed by atoms with E-state index >= 15 is 0 Å². The fourth-order valence-electron chi connectivity index (χ4n) is 1.87. The van der Waals surface area contributed by atoms with E-state index in [9.17, 15) is 0 Å². The van der Waals surface area contributed by atoms with Gasteiger partial charge in [0, 0.05) is 6.04 Å². The van der Waals surface area contributed by atoms with E-state index in [0.717, 1.165) is 6.04 Å². The average Bonchev–Trinajstić information content (AvgIpc) is 2.26. The van der Waals surface area contributed by atoms with E-state index < -0.39 is 35.9 Å². The van der Waals surface area contributed by atoms with Crippen molar-refractivity contribution in [2.75, 3.05) is 0 Å². The molecular weight excluding hydrogens is 316 g/mol. The van der Waals surface area contributed by atoms with Gasteiger partial charge in [-0.1, -0.05) is 30.3 Å². The molecule has 0 bridgehead atoms. The quantitative estimate of drug-likeness (QED) is 0.677. The maximum absolute atomic E-state index is 6.31. The topological polar surface area (TPSA) is 27.7 Å². The highest BCUT2D eigenvalue weighted by atomic mass is 28.5. The first-order valence-electron chi connectivity index (χ1n) is 6.84. The summed E-state index contributed by atoms with van der Waals surface area (Å²) in [5, 5.41) is 0. The standard InChI is InChI=1S/C13H25O3Si4/c1-17(2)14-19(12-13-10-8-7-9-11-13)16-20(5,6)15-18(3)4/h7-11H,12H2,1-6H3. The number of hydrogen-bond donors (Lipinski definition) is 0. The Hall–Kier alpha value is -0.0325. The summed E-state index contributed by atoms with van der Waals surface area (Å²) in [4.78, 5) is 0. The number of benzene rings is 1. The van der Waals surface area contributed by atoms with Crippen molar-refractivity contribution >= 4 is 35.9 Å². The lowest BCUT2D eigenvalue weighted by Crippen LogP contribution is -2.47. The zero-order chi connectivity index (χ0) is 15.2. The van der Waals surface area contributed by atoms with Crippen LogP contribution in [0, 0.1) is 0 Å². The lowest BCUT2D eigenvalue weighted by molar-refractivity contribution is 0.355. The molecule has 0 amide bonds. The Balaban J connectivity index is 2.69. The van der Waals surface area contributed by atoms with Gasteiger partial charge in [-0.3, -0.25) is 0 Å². The Labute approximate surface area is 129 Å². The molecule has 0 spiro atoms. The van der Waals surface area contributed by atoms with E-state index in [4.69, 9.17) is 12.3 Å². The molecule has 1 rings (SSSR count). The summed E-state index contributed by atoms with van der Waals surface area (Å²) in [6.45, 7) is 12.9. The van der Waals surface area contributed by atoms with Crippen LogP contribution in [0.5, 0.6) is 0 Å². The molecule has 0 fully saturated rings. The minimum atomic E-state index is -2.07. The highest BCUT2D eigenvalue weighted by Gasteiger charge is 2.33. The minimum absolute atomic E-state index is 0.731. The van der Waals surface area contributed by atoms with E-state index in [1.54, 1.807) is 0 Å². The van der Waals surface area contributed by atoms with Crippen molar-refractivity contribution in [2.24, 2.45) is 0 Å². The summed E-state index contributed by atoms with van der Waals surface area (Å²) in [6.07, 6.45) is 0. The van der Waals surface area contributed by atoms with E-state index in [0.29, 0.717) is 0 Å². The van der Waals surface area contributed by atoms with Crippen LogP contribution in [0.4, 0.5) is 0 Å². The van der Waals surface area contributed by atoms with Gasteiger partial charge in [-0.15, -0.1) is 0 Å². The van der Waals surface area contributed by atoms with Crippen LogP contribution in [0.15, 0.2) is 30.3 Å². The van der Waals surface area contributed by atoms with Crippen LogP contribution in [0.2, 0.25) is 39.3 Å². The van der Waals surface area contributed by atoms with E-state index in [1.807, 2.05) is 6.07 Å². The van der Waals surface area contributed by atoms with Crippen molar-refractivity contribution in [3.8, 4) is 0 Å². The highest BCUT2D eigenvalue weighted by Crippen LogP contribution is 2.14. The third-order valence-electron chi connectivity index (χ3n) is 2.32. The van der Waals surface area contributed by atoms with Crippen molar-refractivity contribution in [2.45, 2.75) is 45.3 Å². The molecule has 0 aliphatic heterocycles. The maximum Gasteiger partial charge on any atom is 0.368 e. The first kappa shape index (κ1) is 18.0. The molecule has 1 aromatic rings. The van der Waals surface area contributed by atoms with Crippen LogP contribution in [-0.2, 0) is 18.4 Å². The second-order valence-corrected chi connectivity index (χ2v) is 15.5. The van der Waals surface area contributed by atoms with Gasteiger partial charge < -0.3 is 12.3 Å². The third kappa shape index (κ3) is 7.67. The Morgan fingerprint density at radius 2 is 1.50 bits per heavy atom. The molecular formula is C13H25O3Si4. The lowest BCUT2D eigenvalue weighted by atomic mass is 10.2. The van der Waals surface area contributed by atoms with Gasteiger partial charge in [-0.2, -0.15) is 0 Å². The molecule has 0 heterocycles. The molecule has 0 aliphatic carbocycles. The van der Waals surface area contributed by atoms with Crippen LogP contribution in [-0.4, -0.2) is 35.9 Å². The van der Waals surface area contributed by atoms with Gasteiger partial charge in [0.15, 0.2) is 18.1 Å². The van der Waals surface area contributed by atoms with Gasteiger partial charge >= 0.3 is 17.8 Å². The summed E-state index contributed by atoms with van der Waals surface area (Å²) in [7, 11) is -4.86. The van der Waals surface area contributed by atoms with Crippen molar-refractivity contribution in [1.29, 1.82) is 0 Å². The zero-order valence-corrected chi connectivity index (χ0v) is 17.3. The SMILES string of the molecule is C[Si](C)O[Si](Cc1ccccc1)O[Si](C)(C)O[Si](C)C. The first-order valence-corrected chi connectivity index (χ1v) is 16.0. The largest absolute Gasteiger partial charge is 0.437 e. The molecule has 0 aromatic heterocycles. The number of hydrogen-bond acceptors (Lipinski definition) is 3. The molecule has 1 aromatic carbocycles.